The molecule has 1 aromatic heterocycles. The molecule has 2 heterocycles. The topological polar surface area (TPSA) is 82.5 Å². The molecule has 6 heteroatoms. The van der Waals surface area contributed by atoms with E-state index in [9.17, 15) is 9.59 Å². The van der Waals surface area contributed by atoms with Gasteiger partial charge in [0.05, 0.1) is 0 Å². The Balaban J connectivity index is 2.10. The normalized spacial score (nSPS) is 19.6. The van der Waals surface area contributed by atoms with Gasteiger partial charge in [-0.15, -0.1) is 0 Å². The first-order chi connectivity index (χ1) is 10.1. The standard InChI is InChI=1S/C15H19N3O3/c1-18-8-2-3-12(10-18)17-15(21)13-6-7-16-9-11(13)4-5-14(19)20/h4-7,9,12H,2-3,8,10H2,1H3,(H,17,21)(H,19,20). The Labute approximate surface area is 123 Å². The largest absolute Gasteiger partial charge is 0.478 e. The molecule has 0 bridgehead atoms. The van der Waals surface area contributed by atoms with Gasteiger partial charge in [0.1, 0.15) is 0 Å². The van der Waals surface area contributed by atoms with Crippen molar-refractivity contribution >= 4 is 18.0 Å². The summed E-state index contributed by atoms with van der Waals surface area (Å²) in [4.78, 5) is 29.1. The van der Waals surface area contributed by atoms with E-state index >= 15 is 0 Å². The van der Waals surface area contributed by atoms with E-state index in [4.69, 9.17) is 5.11 Å². The van der Waals surface area contributed by atoms with Crippen LogP contribution in [0.2, 0.25) is 0 Å². The summed E-state index contributed by atoms with van der Waals surface area (Å²) in [5, 5.41) is 11.7. The van der Waals surface area contributed by atoms with E-state index in [2.05, 4.69) is 15.2 Å². The molecule has 1 saturated heterocycles. The summed E-state index contributed by atoms with van der Waals surface area (Å²) in [7, 11) is 2.03. The van der Waals surface area contributed by atoms with Crippen molar-refractivity contribution in [3.05, 3.63) is 35.7 Å². The number of aliphatic carboxylic acids is 1. The smallest absolute Gasteiger partial charge is 0.328 e. The number of likely N-dealkylation sites (N-methyl/N-ethyl adjacent to an activating group) is 1. The van der Waals surface area contributed by atoms with Gasteiger partial charge in [0.25, 0.3) is 5.91 Å². The number of hydrogen-bond acceptors (Lipinski definition) is 4. The van der Waals surface area contributed by atoms with Crippen molar-refractivity contribution in [1.29, 1.82) is 0 Å². The van der Waals surface area contributed by atoms with Crippen LogP contribution < -0.4 is 5.32 Å². The van der Waals surface area contributed by atoms with Gasteiger partial charge in [-0.2, -0.15) is 0 Å². The lowest BCUT2D eigenvalue weighted by Crippen LogP contribution is -2.46. The number of piperidine rings is 1. The molecule has 1 fully saturated rings. The zero-order valence-corrected chi connectivity index (χ0v) is 12.0. The number of carbonyl (C=O) groups excluding carboxylic acids is 1. The molecule has 1 unspecified atom stereocenters. The third-order valence-electron chi connectivity index (χ3n) is 3.46. The summed E-state index contributed by atoms with van der Waals surface area (Å²) in [6.45, 7) is 1.88. The van der Waals surface area contributed by atoms with E-state index in [-0.39, 0.29) is 11.9 Å². The fourth-order valence-electron chi connectivity index (χ4n) is 2.45. The monoisotopic (exact) mass is 289 g/mol. The van der Waals surface area contributed by atoms with Crippen LogP contribution in [0.3, 0.4) is 0 Å². The number of pyridine rings is 1. The molecule has 1 aliphatic heterocycles. The molecular formula is C15H19N3O3. The van der Waals surface area contributed by atoms with E-state index in [0.29, 0.717) is 11.1 Å². The zero-order valence-electron chi connectivity index (χ0n) is 12.0. The Hall–Kier alpha value is -2.21. The van der Waals surface area contributed by atoms with Crippen LogP contribution in [0, 0.1) is 0 Å². The quantitative estimate of drug-likeness (QED) is 0.808. The van der Waals surface area contributed by atoms with E-state index in [1.165, 1.54) is 18.5 Å². The maximum absolute atomic E-state index is 12.3. The van der Waals surface area contributed by atoms with Gasteiger partial charge in [0.2, 0.25) is 0 Å². The first-order valence-corrected chi connectivity index (χ1v) is 6.90. The maximum Gasteiger partial charge on any atom is 0.328 e. The Morgan fingerprint density at radius 1 is 1.52 bits per heavy atom. The molecule has 2 N–H and O–H groups in total. The summed E-state index contributed by atoms with van der Waals surface area (Å²) in [6.07, 6.45) is 7.42. The molecular weight excluding hydrogens is 270 g/mol. The van der Waals surface area contributed by atoms with Crippen molar-refractivity contribution in [3.63, 3.8) is 0 Å². The highest BCUT2D eigenvalue weighted by Gasteiger charge is 2.20. The Kier molecular flexibility index (Phi) is 5.05. The molecule has 2 rings (SSSR count). The van der Waals surface area contributed by atoms with Crippen molar-refractivity contribution in [2.45, 2.75) is 18.9 Å². The van der Waals surface area contributed by atoms with Crippen LogP contribution in [0.1, 0.15) is 28.8 Å². The van der Waals surface area contributed by atoms with Crippen molar-refractivity contribution in [1.82, 2.24) is 15.2 Å². The van der Waals surface area contributed by atoms with E-state index in [0.717, 1.165) is 32.0 Å². The summed E-state index contributed by atoms with van der Waals surface area (Å²) in [5.41, 5.74) is 0.942. The number of nitrogens with zero attached hydrogens (tertiary/aromatic N) is 2. The lowest BCUT2D eigenvalue weighted by Gasteiger charge is -2.30. The van der Waals surface area contributed by atoms with Crippen LogP contribution in [0.4, 0.5) is 0 Å². The lowest BCUT2D eigenvalue weighted by atomic mass is 10.0. The highest BCUT2D eigenvalue weighted by molar-refractivity contribution is 5.98. The predicted octanol–water partition coefficient (Wildman–Crippen LogP) is 1.00. The molecule has 112 valence electrons. The summed E-state index contributed by atoms with van der Waals surface area (Å²) >= 11 is 0. The molecule has 0 spiro atoms. The van der Waals surface area contributed by atoms with Crippen LogP contribution in [-0.4, -0.2) is 53.0 Å². The van der Waals surface area contributed by atoms with Gasteiger partial charge in [0, 0.05) is 42.2 Å². The van der Waals surface area contributed by atoms with Crippen molar-refractivity contribution in [3.8, 4) is 0 Å². The number of carbonyl (C=O) groups is 2. The second-order valence-electron chi connectivity index (χ2n) is 5.21. The number of hydrogen-bond donors (Lipinski definition) is 2. The van der Waals surface area contributed by atoms with Crippen LogP contribution in [0.15, 0.2) is 24.5 Å². The zero-order chi connectivity index (χ0) is 15.2. The van der Waals surface area contributed by atoms with Crippen LogP contribution in [0.25, 0.3) is 6.08 Å². The highest BCUT2D eigenvalue weighted by atomic mass is 16.4. The molecule has 0 aromatic carbocycles. The predicted molar refractivity (Wildman–Crippen MR) is 78.9 cm³/mol. The number of carboxylic acid groups (broad SMARTS) is 1. The molecule has 0 saturated carbocycles. The van der Waals surface area contributed by atoms with Crippen molar-refractivity contribution in [2.24, 2.45) is 0 Å². The minimum Gasteiger partial charge on any atom is -0.478 e. The van der Waals surface area contributed by atoms with Gasteiger partial charge >= 0.3 is 5.97 Å². The Morgan fingerprint density at radius 3 is 3.05 bits per heavy atom. The van der Waals surface area contributed by atoms with Crippen molar-refractivity contribution in [2.75, 3.05) is 20.1 Å². The average Bonchev–Trinajstić information content (AvgIpc) is 2.45. The number of likely N-dealkylation sites (tertiary alicyclic amines) is 1. The van der Waals surface area contributed by atoms with Crippen molar-refractivity contribution < 1.29 is 14.7 Å². The van der Waals surface area contributed by atoms with E-state index < -0.39 is 5.97 Å². The molecule has 1 atom stereocenters. The molecule has 6 nitrogen and oxygen atoms in total. The third-order valence-corrected chi connectivity index (χ3v) is 3.46. The molecule has 1 aliphatic rings. The highest BCUT2D eigenvalue weighted by Crippen LogP contribution is 2.12. The maximum atomic E-state index is 12.3. The van der Waals surface area contributed by atoms with Crippen LogP contribution in [-0.2, 0) is 4.79 Å². The van der Waals surface area contributed by atoms with Gasteiger partial charge in [0.15, 0.2) is 0 Å². The molecule has 0 radical (unpaired) electrons. The van der Waals surface area contributed by atoms with Gasteiger partial charge in [-0.05, 0) is 38.6 Å². The van der Waals surface area contributed by atoms with Crippen LogP contribution in [0.5, 0.6) is 0 Å². The minimum atomic E-state index is -1.06. The molecule has 1 amide bonds. The Morgan fingerprint density at radius 2 is 2.33 bits per heavy atom. The van der Waals surface area contributed by atoms with E-state index in [1.807, 2.05) is 7.05 Å². The lowest BCUT2D eigenvalue weighted by molar-refractivity contribution is -0.131. The summed E-state index contributed by atoms with van der Waals surface area (Å²) < 4.78 is 0. The minimum absolute atomic E-state index is 0.126. The fraction of sp³-hybridized carbons (Fsp3) is 0.400. The summed E-state index contributed by atoms with van der Waals surface area (Å²) in [5.74, 6) is -1.25. The fourth-order valence-corrected chi connectivity index (χ4v) is 2.45. The number of rotatable bonds is 4. The number of nitrogens with one attached hydrogen (secondary N) is 1. The summed E-state index contributed by atoms with van der Waals surface area (Å²) in [6, 6.07) is 1.73. The van der Waals surface area contributed by atoms with Crippen LogP contribution >= 0.6 is 0 Å². The third kappa shape index (κ3) is 4.39. The van der Waals surface area contributed by atoms with Gasteiger partial charge < -0.3 is 15.3 Å². The average molecular weight is 289 g/mol. The molecule has 21 heavy (non-hydrogen) atoms. The van der Waals surface area contributed by atoms with Gasteiger partial charge in [-0.25, -0.2) is 4.79 Å². The molecule has 1 aromatic rings. The first kappa shape index (κ1) is 15.2. The number of carboxylic acids is 1. The number of amides is 1. The second kappa shape index (κ2) is 6.99. The van der Waals surface area contributed by atoms with Gasteiger partial charge in [-0.3, -0.25) is 9.78 Å². The molecule has 0 aliphatic carbocycles. The second-order valence-corrected chi connectivity index (χ2v) is 5.21. The van der Waals surface area contributed by atoms with Gasteiger partial charge in [-0.1, -0.05) is 0 Å². The first-order valence-electron chi connectivity index (χ1n) is 6.90. The SMILES string of the molecule is CN1CCCC(NC(=O)c2ccncc2C=CC(=O)O)C1. The Bertz CT molecular complexity index is 557. The van der Waals surface area contributed by atoms with E-state index in [1.54, 1.807) is 6.07 Å². The number of aromatic nitrogens is 1.